The first-order chi connectivity index (χ1) is 8.91. The van der Waals surface area contributed by atoms with Gasteiger partial charge in [-0.25, -0.2) is 0 Å². The van der Waals surface area contributed by atoms with E-state index in [0.29, 0.717) is 26.4 Å². The molecule has 0 atom stereocenters. The highest BCUT2D eigenvalue weighted by atomic mass is 16.5. The zero-order chi connectivity index (χ0) is 14.5. The van der Waals surface area contributed by atoms with Crippen LogP contribution in [0.15, 0.2) is 0 Å². The molecule has 0 amide bonds. The van der Waals surface area contributed by atoms with Crippen LogP contribution in [0.2, 0.25) is 0 Å². The largest absolute Gasteiger partial charge is 0.379 e. The molecule has 0 radical (unpaired) electrons. The van der Waals surface area contributed by atoms with Gasteiger partial charge in [-0.3, -0.25) is 0 Å². The summed E-state index contributed by atoms with van der Waals surface area (Å²) in [5.41, 5.74) is 0. The second kappa shape index (κ2) is 30.1. The van der Waals surface area contributed by atoms with Crippen molar-refractivity contribution < 1.29 is 14.2 Å². The Morgan fingerprint density at radius 2 is 1.06 bits per heavy atom. The molecule has 114 valence electrons. The van der Waals surface area contributed by atoms with Crippen LogP contribution in [0.25, 0.3) is 0 Å². The van der Waals surface area contributed by atoms with Gasteiger partial charge >= 0.3 is 0 Å². The van der Waals surface area contributed by atoms with Gasteiger partial charge in [0, 0.05) is 13.2 Å². The van der Waals surface area contributed by atoms with E-state index in [1.165, 1.54) is 0 Å². The molecule has 0 fully saturated rings. The predicted molar refractivity (Wildman–Crippen MR) is 79.4 cm³/mol. The molecular formula is C14H35NO3. The number of rotatable bonds is 11. The van der Waals surface area contributed by atoms with Gasteiger partial charge in [0.1, 0.15) is 0 Å². The van der Waals surface area contributed by atoms with Gasteiger partial charge in [0.25, 0.3) is 0 Å². The third-order valence-electron chi connectivity index (χ3n) is 1.59. The lowest BCUT2D eigenvalue weighted by Gasteiger charge is -2.05. The maximum Gasteiger partial charge on any atom is 0.0701 e. The zero-order valence-corrected chi connectivity index (χ0v) is 13.4. The highest BCUT2D eigenvalue weighted by Crippen LogP contribution is 1.82. The lowest BCUT2D eigenvalue weighted by molar-refractivity contribution is 0.0154. The van der Waals surface area contributed by atoms with Crippen LogP contribution in [0.3, 0.4) is 0 Å². The van der Waals surface area contributed by atoms with Crippen molar-refractivity contribution in [2.75, 3.05) is 53.2 Å². The molecule has 0 aliphatic carbocycles. The number of ether oxygens (including phenoxy) is 3. The fourth-order valence-electron chi connectivity index (χ4n) is 0.860. The molecule has 0 unspecified atom stereocenters. The van der Waals surface area contributed by atoms with E-state index in [9.17, 15) is 0 Å². The van der Waals surface area contributed by atoms with Gasteiger partial charge < -0.3 is 19.5 Å². The van der Waals surface area contributed by atoms with Crippen molar-refractivity contribution in [2.45, 2.75) is 41.0 Å². The molecule has 0 bridgehead atoms. The Kier molecular flexibility index (Phi) is 38.5. The van der Waals surface area contributed by atoms with Crippen molar-refractivity contribution in [3.63, 3.8) is 0 Å². The van der Waals surface area contributed by atoms with Crippen LogP contribution in [0.1, 0.15) is 41.0 Å². The van der Waals surface area contributed by atoms with Gasteiger partial charge in [0.15, 0.2) is 0 Å². The molecule has 0 saturated heterocycles. The van der Waals surface area contributed by atoms with Crippen LogP contribution in [0, 0.1) is 0 Å². The van der Waals surface area contributed by atoms with Crippen LogP contribution in [-0.4, -0.2) is 53.2 Å². The third kappa shape index (κ3) is 29.7. The highest BCUT2D eigenvalue weighted by Gasteiger charge is 1.90. The Hall–Kier alpha value is -0.160. The molecule has 0 aromatic heterocycles. The molecule has 0 aromatic carbocycles. The van der Waals surface area contributed by atoms with Crippen molar-refractivity contribution in [1.82, 2.24) is 5.32 Å². The van der Waals surface area contributed by atoms with E-state index in [1.807, 2.05) is 34.7 Å². The lowest BCUT2D eigenvalue weighted by atomic mass is 10.5. The molecule has 0 saturated carbocycles. The van der Waals surface area contributed by atoms with E-state index >= 15 is 0 Å². The zero-order valence-electron chi connectivity index (χ0n) is 13.4. The average Bonchev–Trinajstić information content (AvgIpc) is 2.45. The van der Waals surface area contributed by atoms with E-state index in [0.717, 1.165) is 26.2 Å². The van der Waals surface area contributed by atoms with Crippen molar-refractivity contribution in [3.8, 4) is 0 Å². The summed E-state index contributed by atoms with van der Waals surface area (Å²) in [6.45, 7) is 15.2. The normalized spacial score (nSPS) is 9.00. The van der Waals surface area contributed by atoms with Crippen molar-refractivity contribution in [1.29, 1.82) is 0 Å². The molecule has 18 heavy (non-hydrogen) atoms. The first kappa shape index (κ1) is 23.0. The molecule has 4 nitrogen and oxygen atoms in total. The van der Waals surface area contributed by atoms with Crippen LogP contribution in [0.5, 0.6) is 0 Å². The minimum atomic E-state index is 0.652. The smallest absolute Gasteiger partial charge is 0.0701 e. The molecule has 0 rings (SSSR count). The minimum Gasteiger partial charge on any atom is -0.379 e. The van der Waals surface area contributed by atoms with E-state index in [-0.39, 0.29) is 0 Å². The number of hydrogen-bond donors (Lipinski definition) is 1. The van der Waals surface area contributed by atoms with Gasteiger partial charge in [0.05, 0.1) is 33.0 Å². The molecule has 1 N–H and O–H groups in total. The lowest BCUT2D eigenvalue weighted by Crippen LogP contribution is -2.16. The summed E-state index contributed by atoms with van der Waals surface area (Å²) in [5, 5.41) is 3.01. The van der Waals surface area contributed by atoms with E-state index in [1.54, 1.807) is 0 Å². The molecule has 4 heteroatoms. The SMILES string of the molecule is CC.CC.CCCOCCOCCOCCNC. The Morgan fingerprint density at radius 1 is 0.667 bits per heavy atom. The molecule has 0 spiro atoms. The van der Waals surface area contributed by atoms with Crippen LogP contribution in [-0.2, 0) is 14.2 Å². The maximum absolute atomic E-state index is 5.29. The van der Waals surface area contributed by atoms with Crippen LogP contribution < -0.4 is 5.32 Å². The molecule has 0 heterocycles. The molecule has 0 aromatic rings. The van der Waals surface area contributed by atoms with Gasteiger partial charge in [-0.05, 0) is 13.5 Å². The fourth-order valence-corrected chi connectivity index (χ4v) is 0.860. The second-order valence-corrected chi connectivity index (χ2v) is 2.94. The van der Waals surface area contributed by atoms with Gasteiger partial charge in [0.2, 0.25) is 0 Å². The first-order valence-electron chi connectivity index (χ1n) is 7.29. The number of hydrogen-bond acceptors (Lipinski definition) is 4. The molecular weight excluding hydrogens is 230 g/mol. The summed E-state index contributed by atoms with van der Waals surface area (Å²) < 4.78 is 15.8. The summed E-state index contributed by atoms with van der Waals surface area (Å²) in [7, 11) is 1.91. The Bertz CT molecular complexity index is 91.0. The Morgan fingerprint density at radius 3 is 1.44 bits per heavy atom. The number of likely N-dealkylation sites (N-methyl/N-ethyl adjacent to an activating group) is 1. The first-order valence-corrected chi connectivity index (χ1v) is 7.29. The van der Waals surface area contributed by atoms with E-state index in [4.69, 9.17) is 14.2 Å². The summed E-state index contributed by atoms with van der Waals surface area (Å²) >= 11 is 0. The summed E-state index contributed by atoms with van der Waals surface area (Å²) in [6, 6.07) is 0. The van der Waals surface area contributed by atoms with E-state index < -0.39 is 0 Å². The van der Waals surface area contributed by atoms with Crippen molar-refractivity contribution >= 4 is 0 Å². The standard InChI is InChI=1S/C10H23NO3.2C2H6/c1-3-5-12-7-9-14-10-8-13-6-4-11-2;2*1-2/h11H,3-10H2,1-2H3;2*1-2H3. The summed E-state index contributed by atoms with van der Waals surface area (Å²) in [4.78, 5) is 0. The maximum atomic E-state index is 5.29. The van der Waals surface area contributed by atoms with Crippen LogP contribution in [0.4, 0.5) is 0 Å². The summed E-state index contributed by atoms with van der Waals surface area (Å²) in [6.07, 6.45) is 1.06. The van der Waals surface area contributed by atoms with Gasteiger partial charge in [-0.1, -0.05) is 34.6 Å². The molecule has 0 aliphatic heterocycles. The van der Waals surface area contributed by atoms with Gasteiger partial charge in [-0.15, -0.1) is 0 Å². The Balaban J connectivity index is -0.000000506. The fraction of sp³-hybridized carbons (Fsp3) is 1.00. The third-order valence-corrected chi connectivity index (χ3v) is 1.59. The minimum absolute atomic E-state index is 0.652. The summed E-state index contributed by atoms with van der Waals surface area (Å²) in [5.74, 6) is 0. The second-order valence-electron chi connectivity index (χ2n) is 2.94. The van der Waals surface area contributed by atoms with E-state index in [2.05, 4.69) is 12.2 Å². The topological polar surface area (TPSA) is 39.7 Å². The highest BCUT2D eigenvalue weighted by molar-refractivity contribution is 4.36. The van der Waals surface area contributed by atoms with Crippen LogP contribution >= 0.6 is 0 Å². The Labute approximate surface area is 114 Å². The van der Waals surface area contributed by atoms with Crippen molar-refractivity contribution in [3.05, 3.63) is 0 Å². The molecule has 0 aliphatic rings. The average molecular weight is 265 g/mol. The van der Waals surface area contributed by atoms with Gasteiger partial charge in [-0.2, -0.15) is 0 Å². The monoisotopic (exact) mass is 265 g/mol. The quantitative estimate of drug-likeness (QED) is 0.583. The predicted octanol–water partition coefficient (Wildman–Crippen LogP) is 2.72. The number of nitrogens with one attached hydrogen (secondary N) is 1. The van der Waals surface area contributed by atoms with Crippen molar-refractivity contribution in [2.24, 2.45) is 0 Å².